The molecule has 0 aromatic carbocycles. The Bertz CT molecular complexity index is 473. The van der Waals surface area contributed by atoms with Gasteiger partial charge in [-0.1, -0.05) is 18.2 Å². The van der Waals surface area contributed by atoms with Crippen LogP contribution in [-0.2, 0) is 9.47 Å². The second-order valence-corrected chi connectivity index (χ2v) is 5.18. The molecular formula is C14H17NO3S. The number of ether oxygens (including phenoxy) is 2. The van der Waals surface area contributed by atoms with Crippen LogP contribution in [0, 0.1) is 0 Å². The Kier molecular flexibility index (Phi) is 5.30. The zero-order chi connectivity index (χ0) is 13.5. The molecule has 102 valence electrons. The number of hydrogen-bond acceptors (Lipinski definition) is 5. The minimum Gasteiger partial charge on any atom is -0.457 e. The highest BCUT2D eigenvalue weighted by molar-refractivity contribution is 7.13. The number of allylic oxidation sites excluding steroid dienone is 3. The van der Waals surface area contributed by atoms with E-state index < -0.39 is 0 Å². The summed E-state index contributed by atoms with van der Waals surface area (Å²) in [4.78, 5) is 16.5. The predicted octanol–water partition coefficient (Wildman–Crippen LogP) is 3.28. The van der Waals surface area contributed by atoms with Crippen LogP contribution in [-0.4, -0.2) is 24.2 Å². The van der Waals surface area contributed by atoms with Crippen molar-refractivity contribution in [3.63, 3.8) is 0 Å². The molecule has 0 radical (unpaired) electrons. The summed E-state index contributed by atoms with van der Waals surface area (Å²) < 4.78 is 10.7. The van der Waals surface area contributed by atoms with E-state index in [1.807, 2.05) is 25.2 Å². The zero-order valence-corrected chi connectivity index (χ0v) is 11.7. The highest BCUT2D eigenvalue weighted by Crippen LogP contribution is 2.31. The molecule has 19 heavy (non-hydrogen) atoms. The van der Waals surface area contributed by atoms with Crippen molar-refractivity contribution in [2.45, 2.75) is 25.9 Å². The van der Waals surface area contributed by atoms with Crippen LogP contribution in [0.15, 0.2) is 30.5 Å². The van der Waals surface area contributed by atoms with Gasteiger partial charge in [0.15, 0.2) is 0 Å². The lowest BCUT2D eigenvalue weighted by atomic mass is 10.2. The van der Waals surface area contributed by atoms with Crippen molar-refractivity contribution >= 4 is 17.3 Å². The monoisotopic (exact) mass is 279 g/mol. The van der Waals surface area contributed by atoms with Crippen molar-refractivity contribution in [2.75, 3.05) is 13.2 Å². The summed E-state index contributed by atoms with van der Waals surface area (Å²) >= 11 is 1.36. The number of carbonyl (C=O) groups excluding carboxylic acids is 1. The van der Waals surface area contributed by atoms with Crippen LogP contribution in [0.5, 0.6) is 0 Å². The van der Waals surface area contributed by atoms with Crippen LogP contribution >= 0.6 is 11.3 Å². The maximum Gasteiger partial charge on any atom is 0.350 e. The fraction of sp³-hybridized carbons (Fsp3) is 0.429. The van der Waals surface area contributed by atoms with Crippen molar-refractivity contribution < 1.29 is 14.3 Å². The third-order valence-electron chi connectivity index (χ3n) is 2.68. The quantitative estimate of drug-likeness (QED) is 0.613. The summed E-state index contributed by atoms with van der Waals surface area (Å²) in [6.07, 6.45) is 11.1. The third-order valence-corrected chi connectivity index (χ3v) is 3.75. The smallest absolute Gasteiger partial charge is 0.350 e. The Balaban J connectivity index is 1.85. The highest BCUT2D eigenvalue weighted by atomic mass is 32.1. The zero-order valence-electron chi connectivity index (χ0n) is 10.9. The first kappa shape index (κ1) is 14.0. The summed E-state index contributed by atoms with van der Waals surface area (Å²) in [6.45, 7) is 2.98. The molecular weight excluding hydrogens is 262 g/mol. The predicted molar refractivity (Wildman–Crippen MR) is 74.3 cm³/mol. The van der Waals surface area contributed by atoms with Gasteiger partial charge >= 0.3 is 5.97 Å². The summed E-state index contributed by atoms with van der Waals surface area (Å²) in [5.74, 6) is -0.327. The number of carbonyl (C=O) groups is 1. The lowest BCUT2D eigenvalue weighted by Crippen LogP contribution is -2.02. The van der Waals surface area contributed by atoms with Crippen molar-refractivity contribution in [3.8, 4) is 0 Å². The maximum atomic E-state index is 11.8. The first-order valence-corrected chi connectivity index (χ1v) is 7.15. The molecule has 1 saturated heterocycles. The molecule has 2 heterocycles. The van der Waals surface area contributed by atoms with Gasteiger partial charge in [0, 0.05) is 6.61 Å². The van der Waals surface area contributed by atoms with Gasteiger partial charge in [-0.3, -0.25) is 0 Å². The van der Waals surface area contributed by atoms with E-state index in [2.05, 4.69) is 4.98 Å². The van der Waals surface area contributed by atoms with Gasteiger partial charge < -0.3 is 9.47 Å². The molecule has 0 bridgehead atoms. The normalized spacial score (nSPS) is 19.5. The minimum absolute atomic E-state index is 0.0566. The second-order valence-electron chi connectivity index (χ2n) is 4.12. The van der Waals surface area contributed by atoms with Crippen LogP contribution in [0.3, 0.4) is 0 Å². The number of aromatic nitrogens is 1. The number of nitrogens with zero attached hydrogens (tertiary/aromatic N) is 1. The third kappa shape index (κ3) is 4.01. The molecule has 1 aliphatic heterocycles. The van der Waals surface area contributed by atoms with E-state index in [4.69, 9.17) is 9.47 Å². The van der Waals surface area contributed by atoms with E-state index in [0.717, 1.165) is 24.5 Å². The number of thiazole rings is 1. The standard InChI is InChI=1S/C14H17NO3S/c1-2-3-4-5-8-18-14(16)12-10-15-13(19-12)11-7-6-9-17-11/h2-5,10-11H,6-9H2,1H3. The Morgan fingerprint density at radius 2 is 2.53 bits per heavy atom. The van der Waals surface area contributed by atoms with Gasteiger partial charge in [0.25, 0.3) is 0 Å². The fourth-order valence-corrected chi connectivity index (χ4v) is 2.64. The molecule has 1 aliphatic rings. The molecule has 2 rings (SSSR count). The topological polar surface area (TPSA) is 48.4 Å². The molecule has 1 atom stereocenters. The molecule has 1 unspecified atom stereocenters. The van der Waals surface area contributed by atoms with E-state index in [1.165, 1.54) is 11.3 Å². The van der Waals surface area contributed by atoms with Crippen molar-refractivity contribution in [3.05, 3.63) is 40.4 Å². The summed E-state index contributed by atoms with van der Waals surface area (Å²) in [5.41, 5.74) is 0. The fourth-order valence-electron chi connectivity index (χ4n) is 1.74. The molecule has 0 aliphatic carbocycles. The highest BCUT2D eigenvalue weighted by Gasteiger charge is 2.22. The second kappa shape index (κ2) is 7.21. The Morgan fingerprint density at radius 3 is 3.26 bits per heavy atom. The maximum absolute atomic E-state index is 11.8. The molecule has 1 aromatic heterocycles. The number of rotatable bonds is 5. The summed E-state index contributed by atoms with van der Waals surface area (Å²) in [6, 6.07) is 0. The van der Waals surface area contributed by atoms with Gasteiger partial charge in [-0.2, -0.15) is 0 Å². The van der Waals surface area contributed by atoms with Gasteiger partial charge in [0.2, 0.25) is 0 Å². The van der Waals surface area contributed by atoms with Crippen LogP contribution in [0.2, 0.25) is 0 Å². The first-order chi connectivity index (χ1) is 9.31. The Hall–Kier alpha value is -1.46. The molecule has 0 amide bonds. The Morgan fingerprint density at radius 1 is 1.63 bits per heavy atom. The van der Waals surface area contributed by atoms with Crippen LogP contribution in [0.1, 0.15) is 40.5 Å². The van der Waals surface area contributed by atoms with Crippen molar-refractivity contribution in [1.29, 1.82) is 0 Å². The van der Waals surface area contributed by atoms with E-state index >= 15 is 0 Å². The van der Waals surface area contributed by atoms with Crippen LogP contribution in [0.25, 0.3) is 0 Å². The van der Waals surface area contributed by atoms with E-state index in [1.54, 1.807) is 12.3 Å². The lowest BCUT2D eigenvalue weighted by molar-refractivity contribution is 0.0555. The molecule has 0 N–H and O–H groups in total. The first-order valence-electron chi connectivity index (χ1n) is 6.33. The lowest BCUT2D eigenvalue weighted by Gasteiger charge is -2.03. The van der Waals surface area contributed by atoms with E-state index in [0.29, 0.717) is 4.88 Å². The largest absolute Gasteiger partial charge is 0.457 e. The summed E-state index contributed by atoms with van der Waals surface area (Å²) in [7, 11) is 0. The molecule has 0 saturated carbocycles. The van der Waals surface area contributed by atoms with Gasteiger partial charge in [-0.15, -0.1) is 11.3 Å². The number of hydrogen-bond donors (Lipinski definition) is 0. The van der Waals surface area contributed by atoms with Crippen LogP contribution in [0.4, 0.5) is 0 Å². The van der Waals surface area contributed by atoms with Gasteiger partial charge in [-0.25, -0.2) is 9.78 Å². The molecule has 1 fully saturated rings. The van der Waals surface area contributed by atoms with Gasteiger partial charge in [-0.05, 0) is 25.8 Å². The average Bonchev–Trinajstić information content (AvgIpc) is 3.08. The van der Waals surface area contributed by atoms with E-state index in [9.17, 15) is 4.79 Å². The number of esters is 1. The summed E-state index contributed by atoms with van der Waals surface area (Å²) in [5, 5.41) is 0.869. The Labute approximate surface area is 116 Å². The molecule has 5 heteroatoms. The SMILES string of the molecule is CC=CC=CCOC(=O)c1cnc(C2CCCO2)s1. The van der Waals surface area contributed by atoms with Gasteiger partial charge in [0.05, 0.1) is 6.20 Å². The molecule has 4 nitrogen and oxygen atoms in total. The van der Waals surface area contributed by atoms with E-state index in [-0.39, 0.29) is 18.7 Å². The molecule has 1 aromatic rings. The average molecular weight is 279 g/mol. The molecule has 0 spiro atoms. The van der Waals surface area contributed by atoms with Crippen molar-refractivity contribution in [2.24, 2.45) is 0 Å². The van der Waals surface area contributed by atoms with Crippen molar-refractivity contribution in [1.82, 2.24) is 4.98 Å². The van der Waals surface area contributed by atoms with Gasteiger partial charge in [0.1, 0.15) is 22.6 Å². The van der Waals surface area contributed by atoms with Crippen LogP contribution < -0.4 is 0 Å². The minimum atomic E-state index is -0.327.